The second-order valence-electron chi connectivity index (χ2n) is 11.5. The molecule has 0 unspecified atom stereocenters. The number of likely N-dealkylation sites (tertiary alicyclic amines) is 1. The van der Waals surface area contributed by atoms with E-state index < -0.39 is 34.3 Å². The number of aryl methyl sites for hydroxylation is 2. The van der Waals surface area contributed by atoms with E-state index in [1.165, 1.54) is 0 Å². The van der Waals surface area contributed by atoms with E-state index in [0.717, 1.165) is 10.5 Å². The molecule has 186 valence electrons. The number of carbonyl (C=O) groups is 1. The van der Waals surface area contributed by atoms with Crippen LogP contribution in [0.3, 0.4) is 0 Å². The molecular weight excluding hydrogens is 442 g/mol. The summed E-state index contributed by atoms with van der Waals surface area (Å²) in [7, 11) is 0. The minimum Gasteiger partial charge on any atom is -0.423 e. The van der Waals surface area contributed by atoms with Gasteiger partial charge in [0.1, 0.15) is 11.6 Å². The smallest absolute Gasteiger partial charge is 0.352 e. The average molecular weight is 477 g/mol. The predicted molar refractivity (Wildman–Crippen MR) is 121 cm³/mol. The quantitative estimate of drug-likeness (QED) is 0.659. The van der Waals surface area contributed by atoms with Crippen molar-refractivity contribution < 1.29 is 23.1 Å². The Kier molecular flexibility index (Phi) is 6.29. The van der Waals surface area contributed by atoms with Crippen molar-refractivity contribution >= 4 is 5.91 Å². The van der Waals surface area contributed by atoms with Gasteiger partial charge in [0.15, 0.2) is 0 Å². The van der Waals surface area contributed by atoms with Gasteiger partial charge in [-0.15, -0.1) is 10.2 Å². The van der Waals surface area contributed by atoms with Gasteiger partial charge in [0.05, 0.1) is 0 Å². The Hall–Kier alpha value is -2.42. The normalized spacial score (nSPS) is 23.7. The fraction of sp³-hybridized carbons (Fsp3) is 0.680. The molecule has 4 rings (SSSR count). The zero-order valence-corrected chi connectivity index (χ0v) is 20.4. The van der Waals surface area contributed by atoms with Gasteiger partial charge in [-0.3, -0.25) is 9.78 Å². The van der Waals surface area contributed by atoms with Crippen molar-refractivity contribution in [2.45, 2.75) is 90.2 Å². The summed E-state index contributed by atoms with van der Waals surface area (Å²) in [6.07, 6.45) is 6.02. The zero-order chi connectivity index (χ0) is 24.8. The van der Waals surface area contributed by atoms with Crippen LogP contribution in [0.5, 0.6) is 0 Å². The molecule has 34 heavy (non-hydrogen) atoms. The summed E-state index contributed by atoms with van der Waals surface area (Å²) in [5.74, 6) is -4.73. The van der Waals surface area contributed by atoms with Gasteiger partial charge in [0.2, 0.25) is 11.8 Å². The summed E-state index contributed by atoms with van der Waals surface area (Å²) in [4.78, 5) is 18.4. The van der Waals surface area contributed by atoms with Gasteiger partial charge in [0.25, 0.3) is 5.91 Å². The summed E-state index contributed by atoms with van der Waals surface area (Å²) < 4.78 is 37.2. The Morgan fingerprint density at radius 3 is 2.53 bits per heavy atom. The monoisotopic (exact) mass is 476 g/mol. The zero-order valence-electron chi connectivity index (χ0n) is 20.4. The third-order valence-corrected chi connectivity index (χ3v) is 6.98. The van der Waals surface area contributed by atoms with E-state index in [0.29, 0.717) is 38.0 Å². The van der Waals surface area contributed by atoms with E-state index in [4.69, 9.17) is 4.42 Å². The summed E-state index contributed by atoms with van der Waals surface area (Å²) >= 11 is 0. The Morgan fingerprint density at radius 2 is 1.88 bits per heavy atom. The van der Waals surface area contributed by atoms with Crippen LogP contribution in [0.2, 0.25) is 0 Å². The molecule has 1 atom stereocenters. The fourth-order valence-electron chi connectivity index (χ4n) is 6.23. The van der Waals surface area contributed by atoms with Crippen LogP contribution in [0.15, 0.2) is 28.9 Å². The van der Waals surface area contributed by atoms with Crippen LogP contribution in [0, 0.1) is 10.8 Å². The average Bonchev–Trinajstić information content (AvgIpc) is 3.39. The summed E-state index contributed by atoms with van der Waals surface area (Å²) in [5, 5.41) is 19.3. The second kappa shape index (κ2) is 8.66. The number of nitrogens with zero attached hydrogens (tertiary/aromatic N) is 4. The molecule has 2 aliphatic rings. The first-order valence-electron chi connectivity index (χ1n) is 11.9. The molecule has 1 aliphatic carbocycles. The summed E-state index contributed by atoms with van der Waals surface area (Å²) in [6.45, 7) is 7.62. The number of amides is 1. The molecule has 2 fully saturated rings. The molecule has 1 saturated heterocycles. The topological polar surface area (TPSA) is 92.3 Å². The van der Waals surface area contributed by atoms with Gasteiger partial charge in [-0.1, -0.05) is 33.8 Å². The van der Waals surface area contributed by atoms with Gasteiger partial charge < -0.3 is 14.4 Å². The highest BCUT2D eigenvalue weighted by Crippen LogP contribution is 2.55. The van der Waals surface area contributed by atoms with Crippen LogP contribution in [0.1, 0.15) is 83.2 Å². The Bertz CT molecular complexity index is 1010. The van der Waals surface area contributed by atoms with Crippen molar-refractivity contribution in [2.24, 2.45) is 10.8 Å². The molecule has 1 saturated carbocycles. The highest BCUT2D eigenvalue weighted by Gasteiger charge is 2.65. The molecule has 2 aromatic rings. The lowest BCUT2D eigenvalue weighted by Gasteiger charge is -2.51. The maximum Gasteiger partial charge on any atom is 0.352 e. The van der Waals surface area contributed by atoms with Gasteiger partial charge in [0, 0.05) is 25.4 Å². The molecular formula is C25H34F2N4O3. The summed E-state index contributed by atoms with van der Waals surface area (Å²) in [6, 6.07) is 3.08. The lowest BCUT2D eigenvalue weighted by molar-refractivity contribution is -0.231. The van der Waals surface area contributed by atoms with E-state index >= 15 is 8.78 Å². The van der Waals surface area contributed by atoms with Crippen molar-refractivity contribution in [2.75, 3.05) is 6.54 Å². The van der Waals surface area contributed by atoms with Crippen LogP contribution >= 0.6 is 0 Å². The molecule has 0 aromatic carbocycles. The van der Waals surface area contributed by atoms with Crippen LogP contribution < -0.4 is 0 Å². The molecule has 2 aromatic heterocycles. The maximum absolute atomic E-state index is 15.7. The highest BCUT2D eigenvalue weighted by molar-refractivity contribution is 5.85. The third-order valence-electron chi connectivity index (χ3n) is 6.98. The third kappa shape index (κ3) is 4.85. The Labute approximate surface area is 199 Å². The maximum atomic E-state index is 15.7. The van der Waals surface area contributed by atoms with E-state index in [9.17, 15) is 9.90 Å². The van der Waals surface area contributed by atoms with Crippen molar-refractivity contribution in [3.05, 3.63) is 41.9 Å². The van der Waals surface area contributed by atoms with E-state index in [2.05, 4.69) is 15.2 Å². The first-order valence-corrected chi connectivity index (χ1v) is 11.9. The van der Waals surface area contributed by atoms with Crippen molar-refractivity contribution in [3.8, 4) is 0 Å². The minimum absolute atomic E-state index is 0.139. The lowest BCUT2D eigenvalue weighted by Crippen LogP contribution is -2.62. The largest absolute Gasteiger partial charge is 0.423 e. The van der Waals surface area contributed by atoms with E-state index in [-0.39, 0.29) is 25.3 Å². The van der Waals surface area contributed by atoms with Crippen LogP contribution in [0.25, 0.3) is 0 Å². The van der Waals surface area contributed by atoms with Crippen molar-refractivity contribution in [1.82, 2.24) is 20.1 Å². The standard InChI is InChI=1S/C25H34F2N4O3/c1-22(2)14-23(3,4)16-24(33,15-22)25(26,27)21(32)31-12-6-8-18(31)20-30-29-19(34-20)10-9-17-7-5-11-28-13-17/h5,7,11,13,18,33H,6,8-10,12,14-16H2,1-4H3/t18-/m0/s1. The van der Waals surface area contributed by atoms with E-state index in [1.807, 2.05) is 39.8 Å². The van der Waals surface area contributed by atoms with Crippen molar-refractivity contribution in [3.63, 3.8) is 0 Å². The molecule has 1 amide bonds. The number of alkyl halides is 2. The molecule has 3 heterocycles. The van der Waals surface area contributed by atoms with Crippen LogP contribution in [-0.2, 0) is 17.6 Å². The molecule has 1 aliphatic heterocycles. The van der Waals surface area contributed by atoms with Gasteiger partial charge in [-0.2, -0.15) is 8.78 Å². The molecule has 7 nitrogen and oxygen atoms in total. The number of rotatable bonds is 6. The SMILES string of the molecule is CC1(C)CC(C)(C)CC(O)(C(F)(F)C(=O)N2CCC[C@H]2c2nnc(CCc3cccnc3)o2)C1. The number of halogens is 2. The molecule has 9 heteroatoms. The van der Waals surface area contributed by atoms with Crippen LogP contribution in [0.4, 0.5) is 8.78 Å². The first kappa shape index (κ1) is 24.7. The second-order valence-corrected chi connectivity index (χ2v) is 11.5. The van der Waals surface area contributed by atoms with E-state index in [1.54, 1.807) is 12.4 Å². The Balaban J connectivity index is 1.50. The fourth-order valence-corrected chi connectivity index (χ4v) is 6.23. The van der Waals surface area contributed by atoms with Gasteiger partial charge in [-0.05, 0) is 61.0 Å². The minimum atomic E-state index is -3.92. The van der Waals surface area contributed by atoms with Gasteiger partial charge >= 0.3 is 5.92 Å². The summed E-state index contributed by atoms with van der Waals surface area (Å²) in [5.41, 5.74) is -2.42. The van der Waals surface area contributed by atoms with Crippen LogP contribution in [-0.4, -0.2) is 49.2 Å². The molecule has 0 bridgehead atoms. The number of pyridine rings is 1. The first-order chi connectivity index (χ1) is 15.8. The van der Waals surface area contributed by atoms with Gasteiger partial charge in [-0.25, -0.2) is 0 Å². The number of aromatic nitrogens is 3. The molecule has 0 radical (unpaired) electrons. The predicted octanol–water partition coefficient (Wildman–Crippen LogP) is 4.52. The molecule has 1 N–H and O–H groups in total. The number of hydrogen-bond donors (Lipinski definition) is 1. The highest BCUT2D eigenvalue weighted by atomic mass is 19.3. The number of aliphatic hydroxyl groups is 1. The number of hydrogen-bond acceptors (Lipinski definition) is 6. The number of carbonyl (C=O) groups excluding carboxylic acids is 1. The van der Waals surface area contributed by atoms with Crippen molar-refractivity contribution in [1.29, 1.82) is 0 Å². The lowest BCUT2D eigenvalue weighted by atomic mass is 9.58. The Morgan fingerprint density at radius 1 is 1.18 bits per heavy atom. The molecule has 0 spiro atoms.